The number of nitrogen functional groups attached to an aromatic ring is 1. The summed E-state index contributed by atoms with van der Waals surface area (Å²) in [5.74, 6) is 6.15. The molecule has 0 radical (unpaired) electrons. The fourth-order valence-electron chi connectivity index (χ4n) is 1.71. The van der Waals surface area contributed by atoms with E-state index in [4.69, 9.17) is 10.6 Å². The lowest BCUT2D eigenvalue weighted by Crippen LogP contribution is -2.17. The predicted octanol–water partition coefficient (Wildman–Crippen LogP) is 1.46. The average Bonchev–Trinajstić information content (AvgIpc) is 2.87. The number of benzene rings is 1. The van der Waals surface area contributed by atoms with E-state index >= 15 is 0 Å². The van der Waals surface area contributed by atoms with Crippen molar-refractivity contribution in [1.82, 2.24) is 15.1 Å². The number of ether oxygens (including phenoxy) is 1. The number of anilines is 1. The third-order valence-corrected chi connectivity index (χ3v) is 3.45. The van der Waals surface area contributed by atoms with Crippen LogP contribution in [0.2, 0.25) is 0 Å². The Morgan fingerprint density at radius 1 is 1.26 bits per heavy atom. The Kier molecular flexibility index (Phi) is 4.67. The summed E-state index contributed by atoms with van der Waals surface area (Å²) in [7, 11) is 3.71. The van der Waals surface area contributed by atoms with Crippen LogP contribution in [0.1, 0.15) is 10.6 Å². The molecule has 0 spiro atoms. The van der Waals surface area contributed by atoms with E-state index < -0.39 is 0 Å². The highest BCUT2D eigenvalue weighted by Gasteiger charge is 2.07. The Hall–Kier alpha value is -1.70. The largest absolute Gasteiger partial charge is 0.497 e. The molecule has 1 heterocycles. The first kappa shape index (κ1) is 13.7. The molecule has 0 fully saturated rings. The summed E-state index contributed by atoms with van der Waals surface area (Å²) in [5.41, 5.74) is 3.72. The highest BCUT2D eigenvalue weighted by molar-refractivity contribution is 7.15. The molecule has 1 aromatic carbocycles. The van der Waals surface area contributed by atoms with Crippen molar-refractivity contribution in [2.75, 3.05) is 19.6 Å². The molecular formula is C12H17N5OS. The van der Waals surface area contributed by atoms with E-state index in [1.807, 2.05) is 19.2 Å². The maximum atomic E-state index is 5.28. The van der Waals surface area contributed by atoms with Gasteiger partial charge in [-0.3, -0.25) is 10.3 Å². The van der Waals surface area contributed by atoms with E-state index in [1.54, 1.807) is 7.11 Å². The SMILES string of the molecule is COc1ccc(CN(C)Cc2nnc(NN)s2)cc1. The van der Waals surface area contributed by atoms with Crippen LogP contribution in [0.4, 0.5) is 5.13 Å². The molecule has 102 valence electrons. The smallest absolute Gasteiger partial charge is 0.219 e. The summed E-state index contributed by atoms with van der Waals surface area (Å²) < 4.78 is 5.14. The van der Waals surface area contributed by atoms with E-state index in [1.165, 1.54) is 16.9 Å². The molecule has 0 aliphatic heterocycles. The standard InChI is InChI=1S/C12H17N5OS/c1-17(8-11-15-16-12(14-13)19-11)7-9-3-5-10(18-2)6-4-9/h3-6H,7-8,13H2,1-2H3,(H,14,16). The summed E-state index contributed by atoms with van der Waals surface area (Å²) in [6, 6.07) is 8.04. The molecule has 3 N–H and O–H groups in total. The number of hydrazine groups is 1. The molecule has 0 bridgehead atoms. The van der Waals surface area contributed by atoms with Crippen LogP contribution in [0.3, 0.4) is 0 Å². The van der Waals surface area contributed by atoms with Crippen molar-refractivity contribution < 1.29 is 4.74 Å². The highest BCUT2D eigenvalue weighted by atomic mass is 32.1. The molecule has 0 saturated heterocycles. The molecule has 2 aromatic rings. The van der Waals surface area contributed by atoms with Crippen LogP contribution >= 0.6 is 11.3 Å². The number of hydrogen-bond acceptors (Lipinski definition) is 7. The zero-order valence-electron chi connectivity index (χ0n) is 11.0. The van der Waals surface area contributed by atoms with Gasteiger partial charge >= 0.3 is 0 Å². The molecular weight excluding hydrogens is 262 g/mol. The van der Waals surface area contributed by atoms with Crippen LogP contribution in [0.5, 0.6) is 5.75 Å². The van der Waals surface area contributed by atoms with E-state index in [2.05, 4.69) is 32.7 Å². The van der Waals surface area contributed by atoms with Gasteiger partial charge in [0, 0.05) is 6.54 Å². The van der Waals surface area contributed by atoms with Gasteiger partial charge in [0.2, 0.25) is 5.13 Å². The lowest BCUT2D eigenvalue weighted by Gasteiger charge is -2.14. The van der Waals surface area contributed by atoms with Crippen molar-refractivity contribution in [1.29, 1.82) is 0 Å². The maximum Gasteiger partial charge on any atom is 0.219 e. The van der Waals surface area contributed by atoms with Crippen molar-refractivity contribution in [3.8, 4) is 5.75 Å². The fourth-order valence-corrected chi connectivity index (χ4v) is 2.44. The van der Waals surface area contributed by atoms with E-state index in [9.17, 15) is 0 Å². The quantitative estimate of drug-likeness (QED) is 0.616. The van der Waals surface area contributed by atoms with Crippen molar-refractivity contribution in [2.24, 2.45) is 5.84 Å². The lowest BCUT2D eigenvalue weighted by molar-refractivity contribution is 0.317. The third-order valence-electron chi connectivity index (χ3n) is 2.61. The predicted molar refractivity (Wildman–Crippen MR) is 75.9 cm³/mol. The van der Waals surface area contributed by atoms with Gasteiger partial charge in [0.25, 0.3) is 0 Å². The zero-order chi connectivity index (χ0) is 13.7. The molecule has 19 heavy (non-hydrogen) atoms. The van der Waals surface area contributed by atoms with E-state index in [0.29, 0.717) is 5.13 Å². The zero-order valence-corrected chi connectivity index (χ0v) is 11.8. The second-order valence-electron chi connectivity index (χ2n) is 4.17. The van der Waals surface area contributed by atoms with E-state index in [0.717, 1.165) is 23.8 Å². The molecule has 0 aliphatic carbocycles. The first-order valence-corrected chi connectivity index (χ1v) is 6.63. The van der Waals surface area contributed by atoms with Crippen LogP contribution < -0.4 is 16.0 Å². The number of nitrogens with two attached hydrogens (primary N) is 1. The summed E-state index contributed by atoms with van der Waals surface area (Å²) >= 11 is 1.46. The van der Waals surface area contributed by atoms with Gasteiger partial charge in [0.1, 0.15) is 10.8 Å². The summed E-state index contributed by atoms with van der Waals surface area (Å²) in [5, 5.41) is 9.53. The number of aromatic nitrogens is 2. The number of hydrogen-bond donors (Lipinski definition) is 2. The molecule has 0 atom stereocenters. The average molecular weight is 279 g/mol. The van der Waals surface area contributed by atoms with Crippen LogP contribution in [0.15, 0.2) is 24.3 Å². The minimum absolute atomic E-state index is 0.632. The Bertz CT molecular complexity index is 513. The van der Waals surface area contributed by atoms with Crippen molar-refractivity contribution in [2.45, 2.75) is 13.1 Å². The molecule has 1 aromatic heterocycles. The normalized spacial score (nSPS) is 10.7. The summed E-state index contributed by atoms with van der Waals surface area (Å²) in [6.07, 6.45) is 0. The topological polar surface area (TPSA) is 76.3 Å². The fraction of sp³-hybridized carbons (Fsp3) is 0.333. The highest BCUT2D eigenvalue weighted by Crippen LogP contribution is 2.17. The number of nitrogens with zero attached hydrogens (tertiary/aromatic N) is 3. The third kappa shape index (κ3) is 3.88. The van der Waals surface area contributed by atoms with Crippen molar-refractivity contribution in [3.63, 3.8) is 0 Å². The lowest BCUT2D eigenvalue weighted by atomic mass is 10.2. The van der Waals surface area contributed by atoms with Crippen LogP contribution in [0.25, 0.3) is 0 Å². The van der Waals surface area contributed by atoms with Crippen LogP contribution in [-0.2, 0) is 13.1 Å². The first-order valence-electron chi connectivity index (χ1n) is 5.81. The second kappa shape index (κ2) is 6.46. The van der Waals surface area contributed by atoms with Crippen LogP contribution in [-0.4, -0.2) is 29.3 Å². The molecule has 0 amide bonds. The van der Waals surface area contributed by atoms with Gasteiger partial charge in [-0.2, -0.15) is 0 Å². The van der Waals surface area contributed by atoms with Gasteiger partial charge in [-0.1, -0.05) is 23.5 Å². The number of nitrogens with one attached hydrogen (secondary N) is 1. The molecule has 7 heteroatoms. The molecule has 0 unspecified atom stereocenters. The minimum atomic E-state index is 0.632. The van der Waals surface area contributed by atoms with Gasteiger partial charge in [0.15, 0.2) is 0 Å². The van der Waals surface area contributed by atoms with Crippen LogP contribution in [0, 0.1) is 0 Å². The Balaban J connectivity index is 1.90. The van der Waals surface area contributed by atoms with Gasteiger partial charge < -0.3 is 4.74 Å². The Morgan fingerprint density at radius 3 is 2.58 bits per heavy atom. The van der Waals surface area contributed by atoms with Gasteiger partial charge in [0.05, 0.1) is 13.7 Å². The second-order valence-corrected chi connectivity index (χ2v) is 5.23. The van der Waals surface area contributed by atoms with Crippen molar-refractivity contribution >= 4 is 16.5 Å². The molecule has 6 nitrogen and oxygen atoms in total. The monoisotopic (exact) mass is 279 g/mol. The minimum Gasteiger partial charge on any atom is -0.497 e. The van der Waals surface area contributed by atoms with Gasteiger partial charge in [-0.15, -0.1) is 10.2 Å². The van der Waals surface area contributed by atoms with Gasteiger partial charge in [-0.25, -0.2) is 5.84 Å². The first-order chi connectivity index (χ1) is 9.21. The van der Waals surface area contributed by atoms with Crippen molar-refractivity contribution in [3.05, 3.63) is 34.8 Å². The van der Waals surface area contributed by atoms with Gasteiger partial charge in [-0.05, 0) is 24.7 Å². The number of rotatable bonds is 6. The molecule has 0 aliphatic rings. The Morgan fingerprint density at radius 2 is 2.00 bits per heavy atom. The van der Waals surface area contributed by atoms with E-state index in [-0.39, 0.29) is 0 Å². The molecule has 2 rings (SSSR count). The summed E-state index contributed by atoms with van der Waals surface area (Å²) in [6.45, 7) is 1.58. The summed E-state index contributed by atoms with van der Waals surface area (Å²) in [4.78, 5) is 2.17. The molecule has 0 saturated carbocycles. The maximum absolute atomic E-state index is 5.28. The Labute approximate surface area is 116 Å². The number of methoxy groups -OCH3 is 1.